The van der Waals surface area contributed by atoms with Gasteiger partial charge in [-0.25, -0.2) is 19.2 Å². The molecule has 5 rings (SSSR count). The molecule has 2 aliphatic rings. The predicted molar refractivity (Wildman–Crippen MR) is 180 cm³/mol. The van der Waals surface area contributed by atoms with Gasteiger partial charge in [-0.1, -0.05) is 71.9 Å². The standard InChI is InChI=1S/C27H29ClN2S.2C4H4O4/c28-23-12-13-27-24(20-23)25(19-22-10-4-5-11-26(22)31-27)30-17-15-29(16-18-30)14-6-9-21-7-2-1-3-8-21;2*5-3(6)1-2-4(7)8/h1-5,7-8,10-13,20,25H,6,9,14-19H2;2*1-2H,(H,5,6)(H,7,8)/b;2*2-1-. The van der Waals surface area contributed by atoms with Crippen molar-refractivity contribution in [3.05, 3.63) is 119 Å². The lowest BCUT2D eigenvalue weighted by atomic mass is 9.96. The van der Waals surface area contributed by atoms with E-state index in [0.717, 1.165) is 37.6 Å². The first-order valence-electron chi connectivity index (χ1n) is 14.8. The summed E-state index contributed by atoms with van der Waals surface area (Å²) >= 11 is 8.33. The summed E-state index contributed by atoms with van der Waals surface area (Å²) in [5.41, 5.74) is 4.30. The molecule has 47 heavy (non-hydrogen) atoms. The van der Waals surface area contributed by atoms with Gasteiger partial charge in [0.05, 0.1) is 0 Å². The van der Waals surface area contributed by atoms with E-state index in [1.165, 1.54) is 45.9 Å². The Morgan fingerprint density at radius 1 is 0.723 bits per heavy atom. The number of carbonyl (C=O) groups is 4. The molecule has 0 amide bonds. The molecular weight excluding hydrogens is 644 g/mol. The maximum atomic E-state index is 9.55. The zero-order chi connectivity index (χ0) is 34.2. The van der Waals surface area contributed by atoms with Crippen LogP contribution in [0.3, 0.4) is 0 Å². The summed E-state index contributed by atoms with van der Waals surface area (Å²) < 4.78 is 0. The van der Waals surface area contributed by atoms with Gasteiger partial charge in [0.2, 0.25) is 0 Å². The van der Waals surface area contributed by atoms with Gasteiger partial charge in [-0.15, -0.1) is 0 Å². The quantitative estimate of drug-likeness (QED) is 0.204. The third-order valence-electron chi connectivity index (χ3n) is 7.30. The molecule has 0 aliphatic carbocycles. The van der Waals surface area contributed by atoms with E-state index in [4.69, 9.17) is 32.0 Å². The number of fused-ring (bicyclic) bond motifs is 2. The molecule has 4 N–H and O–H groups in total. The first kappa shape index (κ1) is 37.0. The second kappa shape index (κ2) is 19.3. The number of piperazine rings is 1. The number of aryl methyl sites for hydroxylation is 1. The molecule has 0 spiro atoms. The van der Waals surface area contributed by atoms with Crippen LogP contribution in [-0.4, -0.2) is 86.8 Å². The SMILES string of the molecule is Clc1ccc2c(c1)C(N1CCN(CCCc3ccccc3)CC1)Cc1ccccc1S2.O=C(O)/C=C\C(=O)O.O=C(O)/C=C\C(=O)O. The average molecular weight is 681 g/mol. The van der Waals surface area contributed by atoms with E-state index in [1.54, 1.807) is 0 Å². The Morgan fingerprint density at radius 3 is 1.85 bits per heavy atom. The molecule has 1 saturated heterocycles. The maximum absolute atomic E-state index is 9.55. The van der Waals surface area contributed by atoms with Crippen molar-refractivity contribution in [3.8, 4) is 0 Å². The number of aliphatic carboxylic acids is 4. The Hall–Kier alpha value is -4.42. The summed E-state index contributed by atoms with van der Waals surface area (Å²) in [5.74, 6) is -5.03. The molecule has 2 heterocycles. The minimum atomic E-state index is -1.26. The summed E-state index contributed by atoms with van der Waals surface area (Å²) in [6.07, 6.45) is 5.69. The van der Waals surface area contributed by atoms with Crippen LogP contribution >= 0.6 is 23.4 Å². The molecule has 1 unspecified atom stereocenters. The first-order valence-corrected chi connectivity index (χ1v) is 16.0. The molecule has 0 bridgehead atoms. The summed E-state index contributed by atoms with van der Waals surface area (Å²) in [7, 11) is 0. The van der Waals surface area contributed by atoms with Crippen molar-refractivity contribution in [2.45, 2.75) is 35.1 Å². The highest BCUT2D eigenvalue weighted by atomic mass is 35.5. The lowest BCUT2D eigenvalue weighted by Gasteiger charge is -2.39. The lowest BCUT2D eigenvalue weighted by molar-refractivity contribution is -0.134. The Balaban J connectivity index is 0.000000312. The predicted octanol–water partition coefficient (Wildman–Crippen LogP) is 5.76. The van der Waals surface area contributed by atoms with E-state index in [2.05, 4.69) is 76.5 Å². The summed E-state index contributed by atoms with van der Waals surface area (Å²) in [5, 5.41) is 32.1. The molecule has 3 aromatic carbocycles. The van der Waals surface area contributed by atoms with Gasteiger partial charge < -0.3 is 25.3 Å². The zero-order valence-electron chi connectivity index (χ0n) is 25.6. The van der Waals surface area contributed by atoms with Crippen LogP contribution in [0.5, 0.6) is 0 Å². The second-order valence-corrected chi connectivity index (χ2v) is 12.1. The highest BCUT2D eigenvalue weighted by Gasteiger charge is 2.30. The highest BCUT2D eigenvalue weighted by molar-refractivity contribution is 7.99. The fourth-order valence-corrected chi connectivity index (χ4v) is 6.44. The third kappa shape index (κ3) is 13.5. The molecule has 248 valence electrons. The molecule has 12 heteroatoms. The fourth-order valence-electron chi connectivity index (χ4n) is 5.14. The average Bonchev–Trinajstić information content (AvgIpc) is 3.21. The van der Waals surface area contributed by atoms with Crippen molar-refractivity contribution in [1.29, 1.82) is 0 Å². The van der Waals surface area contributed by atoms with Crippen LogP contribution in [0.1, 0.15) is 29.2 Å². The number of benzene rings is 3. The van der Waals surface area contributed by atoms with Gasteiger partial charge in [0.1, 0.15) is 0 Å². The molecule has 1 atom stereocenters. The number of carboxylic acid groups (broad SMARTS) is 4. The largest absolute Gasteiger partial charge is 0.478 e. The van der Waals surface area contributed by atoms with Crippen molar-refractivity contribution < 1.29 is 39.6 Å². The van der Waals surface area contributed by atoms with Crippen LogP contribution in [0.15, 0.2) is 107 Å². The fraction of sp³-hybridized carbons (Fsp3) is 0.257. The van der Waals surface area contributed by atoms with Gasteiger partial charge in [0.25, 0.3) is 0 Å². The second-order valence-electron chi connectivity index (χ2n) is 10.6. The topological polar surface area (TPSA) is 156 Å². The Morgan fingerprint density at radius 2 is 1.28 bits per heavy atom. The van der Waals surface area contributed by atoms with Gasteiger partial charge in [-0.05, 0) is 66.8 Å². The molecule has 0 radical (unpaired) electrons. The number of halogens is 1. The Labute approximate surface area is 282 Å². The van der Waals surface area contributed by atoms with E-state index in [1.807, 2.05) is 17.8 Å². The summed E-state index contributed by atoms with van der Waals surface area (Å²) in [6.45, 7) is 5.73. The molecule has 0 aromatic heterocycles. The van der Waals surface area contributed by atoms with E-state index < -0.39 is 23.9 Å². The van der Waals surface area contributed by atoms with Crippen molar-refractivity contribution in [2.24, 2.45) is 0 Å². The van der Waals surface area contributed by atoms with Crippen molar-refractivity contribution >= 4 is 47.2 Å². The van der Waals surface area contributed by atoms with E-state index >= 15 is 0 Å². The summed E-state index contributed by atoms with van der Waals surface area (Å²) in [4.78, 5) is 46.3. The normalized spacial score (nSPS) is 16.1. The van der Waals surface area contributed by atoms with Gasteiger partial charge in [0.15, 0.2) is 0 Å². The molecule has 1 fully saturated rings. The summed E-state index contributed by atoms with van der Waals surface area (Å²) in [6, 6.07) is 26.6. The molecule has 10 nitrogen and oxygen atoms in total. The molecular formula is C35H37ClN2O8S. The van der Waals surface area contributed by atoms with E-state index in [9.17, 15) is 19.2 Å². The number of nitrogens with zero attached hydrogens (tertiary/aromatic N) is 2. The van der Waals surface area contributed by atoms with Gasteiger partial charge in [-0.3, -0.25) is 4.90 Å². The van der Waals surface area contributed by atoms with Crippen LogP contribution < -0.4 is 0 Å². The molecule has 2 aliphatic heterocycles. The number of rotatable bonds is 9. The highest BCUT2D eigenvalue weighted by Crippen LogP contribution is 2.43. The number of hydrogen-bond donors (Lipinski definition) is 4. The third-order valence-corrected chi connectivity index (χ3v) is 8.75. The Kier molecular flexibility index (Phi) is 15.2. The maximum Gasteiger partial charge on any atom is 0.328 e. The smallest absolute Gasteiger partial charge is 0.328 e. The van der Waals surface area contributed by atoms with Crippen LogP contribution in [0.2, 0.25) is 5.02 Å². The number of carboxylic acids is 4. The van der Waals surface area contributed by atoms with E-state index in [-0.39, 0.29) is 0 Å². The number of hydrogen-bond acceptors (Lipinski definition) is 7. The zero-order valence-corrected chi connectivity index (χ0v) is 27.1. The van der Waals surface area contributed by atoms with Crippen molar-refractivity contribution in [3.63, 3.8) is 0 Å². The van der Waals surface area contributed by atoms with Crippen LogP contribution in [0.25, 0.3) is 0 Å². The van der Waals surface area contributed by atoms with Crippen LogP contribution in [-0.2, 0) is 32.0 Å². The minimum Gasteiger partial charge on any atom is -0.478 e. The van der Waals surface area contributed by atoms with E-state index in [0.29, 0.717) is 30.3 Å². The van der Waals surface area contributed by atoms with Crippen molar-refractivity contribution in [2.75, 3.05) is 32.7 Å². The Bertz CT molecular complexity index is 1510. The van der Waals surface area contributed by atoms with Gasteiger partial charge >= 0.3 is 23.9 Å². The lowest BCUT2D eigenvalue weighted by Crippen LogP contribution is -2.48. The molecule has 0 saturated carbocycles. The monoisotopic (exact) mass is 680 g/mol. The van der Waals surface area contributed by atoms with Gasteiger partial charge in [-0.2, -0.15) is 0 Å². The molecule has 3 aromatic rings. The van der Waals surface area contributed by atoms with Gasteiger partial charge in [0, 0.05) is 71.3 Å². The minimum absolute atomic E-state index is 0.399. The first-order chi connectivity index (χ1) is 22.5. The van der Waals surface area contributed by atoms with Crippen LogP contribution in [0, 0.1) is 0 Å². The van der Waals surface area contributed by atoms with Crippen molar-refractivity contribution in [1.82, 2.24) is 9.80 Å². The van der Waals surface area contributed by atoms with Crippen LogP contribution in [0.4, 0.5) is 0 Å².